The first kappa shape index (κ1) is 21.8. The molecule has 0 spiro atoms. The molecule has 0 aliphatic rings. The van der Waals surface area contributed by atoms with Gasteiger partial charge in [-0.25, -0.2) is 27.2 Å². The lowest BCUT2D eigenvalue weighted by atomic mass is 10.0. The first-order chi connectivity index (χ1) is 14.2. The van der Waals surface area contributed by atoms with Gasteiger partial charge < -0.3 is 5.73 Å². The van der Waals surface area contributed by atoms with Crippen molar-refractivity contribution >= 4 is 38.6 Å². The minimum absolute atomic E-state index is 0.214. The van der Waals surface area contributed by atoms with Gasteiger partial charge in [-0.15, -0.1) is 11.3 Å². The number of nitrogens with two attached hydrogens (primary N) is 1. The van der Waals surface area contributed by atoms with E-state index in [0.29, 0.717) is 22.6 Å². The van der Waals surface area contributed by atoms with E-state index in [4.69, 9.17) is 5.73 Å². The third kappa shape index (κ3) is 4.79. The van der Waals surface area contributed by atoms with Crippen LogP contribution >= 0.6 is 11.3 Å². The van der Waals surface area contributed by atoms with Crippen molar-refractivity contribution in [3.63, 3.8) is 0 Å². The van der Waals surface area contributed by atoms with Gasteiger partial charge in [-0.2, -0.15) is 0 Å². The van der Waals surface area contributed by atoms with Gasteiger partial charge in [0, 0.05) is 24.2 Å². The molecule has 0 fully saturated rings. The van der Waals surface area contributed by atoms with Gasteiger partial charge in [0.1, 0.15) is 16.6 Å². The Labute approximate surface area is 176 Å². The standard InChI is InChI=1S/C19H18F2N4O3S2/c1-2-7-30(27,28)25-14-4-3-13(20)16(17(14)21)15(26)9-11-8-12(18(22)24-10-11)19-23-5-6-29-19/h3-6,8,10,25H,2,7,9H2,1H3,(H2,22,24). The van der Waals surface area contributed by atoms with Crippen LogP contribution in [0.1, 0.15) is 29.3 Å². The number of thiazole rings is 1. The minimum atomic E-state index is -3.81. The maximum Gasteiger partial charge on any atom is 0.232 e. The molecular formula is C19H18F2N4O3S2. The van der Waals surface area contributed by atoms with Gasteiger partial charge in [-0.1, -0.05) is 6.92 Å². The molecule has 158 valence electrons. The smallest absolute Gasteiger partial charge is 0.232 e. The Morgan fingerprint density at radius 3 is 2.70 bits per heavy atom. The van der Waals surface area contributed by atoms with E-state index in [1.165, 1.54) is 17.5 Å². The number of Topliss-reactive ketones (excluding diaryl/α,β-unsaturated/α-hetero) is 1. The molecule has 1 aromatic carbocycles. The average molecular weight is 453 g/mol. The monoisotopic (exact) mass is 452 g/mol. The number of rotatable bonds is 8. The van der Waals surface area contributed by atoms with Crippen molar-refractivity contribution in [2.45, 2.75) is 19.8 Å². The second kappa shape index (κ2) is 8.84. The van der Waals surface area contributed by atoms with Crippen molar-refractivity contribution in [1.29, 1.82) is 0 Å². The van der Waals surface area contributed by atoms with Gasteiger partial charge in [0.15, 0.2) is 11.6 Å². The van der Waals surface area contributed by atoms with Crippen molar-refractivity contribution < 1.29 is 22.0 Å². The molecule has 2 heterocycles. The number of ketones is 1. The van der Waals surface area contributed by atoms with Crippen LogP contribution in [0.2, 0.25) is 0 Å². The molecule has 0 unspecified atom stereocenters. The molecule has 0 radical (unpaired) electrons. The van der Waals surface area contributed by atoms with Gasteiger partial charge in [0.2, 0.25) is 10.0 Å². The van der Waals surface area contributed by atoms with Gasteiger partial charge in [-0.05, 0) is 30.2 Å². The molecule has 0 bridgehead atoms. The highest BCUT2D eigenvalue weighted by molar-refractivity contribution is 7.92. The number of carbonyl (C=O) groups is 1. The number of hydrogen-bond acceptors (Lipinski definition) is 7. The van der Waals surface area contributed by atoms with E-state index < -0.39 is 38.7 Å². The van der Waals surface area contributed by atoms with Crippen LogP contribution in [-0.2, 0) is 16.4 Å². The Morgan fingerprint density at radius 1 is 1.27 bits per heavy atom. The van der Waals surface area contributed by atoms with Crippen molar-refractivity contribution in [1.82, 2.24) is 9.97 Å². The van der Waals surface area contributed by atoms with Crippen LogP contribution in [0.5, 0.6) is 0 Å². The zero-order valence-corrected chi connectivity index (χ0v) is 17.5. The summed E-state index contributed by atoms with van der Waals surface area (Å²) in [5, 5.41) is 2.35. The van der Waals surface area contributed by atoms with Crippen molar-refractivity contribution in [3.05, 3.63) is 58.7 Å². The number of nitrogens with zero attached hydrogens (tertiary/aromatic N) is 2. The fraction of sp³-hybridized carbons (Fsp3) is 0.211. The first-order valence-corrected chi connectivity index (χ1v) is 11.4. The number of carbonyl (C=O) groups excluding carboxylic acids is 1. The van der Waals surface area contributed by atoms with E-state index in [2.05, 4.69) is 14.7 Å². The number of benzene rings is 1. The second-order valence-electron chi connectivity index (χ2n) is 6.42. The zero-order valence-electron chi connectivity index (χ0n) is 15.9. The Bertz CT molecular complexity index is 1180. The normalized spacial score (nSPS) is 11.4. The summed E-state index contributed by atoms with van der Waals surface area (Å²) in [5.41, 5.74) is 5.46. The van der Waals surface area contributed by atoms with Crippen LogP contribution in [0, 0.1) is 11.6 Å². The lowest BCUT2D eigenvalue weighted by Gasteiger charge is -2.12. The summed E-state index contributed by atoms with van der Waals surface area (Å²) in [6.07, 6.45) is 2.89. The lowest BCUT2D eigenvalue weighted by Crippen LogP contribution is -2.19. The Morgan fingerprint density at radius 2 is 2.03 bits per heavy atom. The highest BCUT2D eigenvalue weighted by atomic mass is 32.2. The minimum Gasteiger partial charge on any atom is -0.383 e. The molecule has 2 aromatic heterocycles. The van der Waals surface area contributed by atoms with Crippen LogP contribution in [0.4, 0.5) is 20.3 Å². The molecule has 0 amide bonds. The molecule has 3 aromatic rings. The van der Waals surface area contributed by atoms with E-state index in [1.807, 2.05) is 0 Å². The third-order valence-corrected chi connectivity index (χ3v) is 6.39. The molecule has 0 saturated carbocycles. The molecule has 0 saturated heterocycles. The van der Waals surface area contributed by atoms with Crippen LogP contribution < -0.4 is 10.5 Å². The van der Waals surface area contributed by atoms with E-state index in [0.717, 1.165) is 12.1 Å². The molecule has 3 N–H and O–H groups in total. The summed E-state index contributed by atoms with van der Waals surface area (Å²) in [4.78, 5) is 20.8. The maximum atomic E-state index is 14.8. The molecule has 30 heavy (non-hydrogen) atoms. The summed E-state index contributed by atoms with van der Waals surface area (Å²) < 4.78 is 54.9. The molecule has 0 atom stereocenters. The van der Waals surface area contributed by atoms with E-state index in [1.54, 1.807) is 24.6 Å². The summed E-state index contributed by atoms with van der Waals surface area (Å²) in [7, 11) is -3.81. The maximum absolute atomic E-state index is 14.8. The van der Waals surface area contributed by atoms with E-state index >= 15 is 0 Å². The quantitative estimate of drug-likeness (QED) is 0.504. The van der Waals surface area contributed by atoms with Gasteiger partial charge in [0.25, 0.3) is 0 Å². The molecule has 11 heteroatoms. The summed E-state index contributed by atoms with van der Waals surface area (Å²) in [6.45, 7) is 1.65. The van der Waals surface area contributed by atoms with Gasteiger partial charge >= 0.3 is 0 Å². The molecule has 3 rings (SSSR count). The average Bonchev–Trinajstić information content (AvgIpc) is 3.20. The second-order valence-corrected chi connectivity index (χ2v) is 9.15. The number of sulfonamides is 1. The topological polar surface area (TPSA) is 115 Å². The number of aromatic nitrogens is 2. The number of hydrogen-bond donors (Lipinski definition) is 2. The van der Waals surface area contributed by atoms with E-state index in [-0.39, 0.29) is 18.0 Å². The Kier molecular flexibility index (Phi) is 6.42. The number of nitrogen functional groups attached to an aromatic ring is 1. The predicted molar refractivity (Wildman–Crippen MR) is 112 cm³/mol. The number of anilines is 2. The summed E-state index contributed by atoms with van der Waals surface area (Å²) >= 11 is 1.33. The Hall–Kier alpha value is -2.92. The molecular weight excluding hydrogens is 434 g/mol. The highest BCUT2D eigenvalue weighted by Crippen LogP contribution is 2.28. The van der Waals surface area contributed by atoms with Crippen LogP contribution in [0.25, 0.3) is 10.6 Å². The summed E-state index contributed by atoms with van der Waals surface area (Å²) in [6, 6.07) is 3.38. The fourth-order valence-corrected chi connectivity index (χ4v) is 4.59. The van der Waals surface area contributed by atoms with Crippen molar-refractivity contribution in [2.24, 2.45) is 0 Å². The number of halogens is 2. The SMILES string of the molecule is CCCS(=O)(=O)Nc1ccc(F)c(C(=O)Cc2cnc(N)c(-c3nccs3)c2)c1F. The third-order valence-electron chi connectivity index (χ3n) is 4.11. The van der Waals surface area contributed by atoms with Gasteiger partial charge in [-0.3, -0.25) is 9.52 Å². The lowest BCUT2D eigenvalue weighted by molar-refractivity contribution is 0.0985. The first-order valence-electron chi connectivity index (χ1n) is 8.87. The number of pyridine rings is 1. The number of nitrogens with one attached hydrogen (secondary N) is 1. The van der Waals surface area contributed by atoms with Crippen LogP contribution in [0.15, 0.2) is 36.0 Å². The largest absolute Gasteiger partial charge is 0.383 e. The zero-order chi connectivity index (χ0) is 21.9. The highest BCUT2D eigenvalue weighted by Gasteiger charge is 2.23. The van der Waals surface area contributed by atoms with Gasteiger partial charge in [0.05, 0.1) is 22.6 Å². The van der Waals surface area contributed by atoms with Crippen molar-refractivity contribution in [3.8, 4) is 10.6 Å². The summed E-state index contributed by atoms with van der Waals surface area (Å²) in [5.74, 6) is -3.23. The fourth-order valence-electron chi connectivity index (χ4n) is 2.79. The van der Waals surface area contributed by atoms with E-state index in [9.17, 15) is 22.0 Å². The van der Waals surface area contributed by atoms with Crippen LogP contribution in [-0.4, -0.2) is 29.9 Å². The molecule has 0 aliphatic heterocycles. The van der Waals surface area contributed by atoms with Crippen molar-refractivity contribution in [2.75, 3.05) is 16.2 Å². The molecule has 7 nitrogen and oxygen atoms in total. The molecule has 0 aliphatic carbocycles. The predicted octanol–water partition coefficient (Wildman–Crippen LogP) is 3.64. The van der Waals surface area contributed by atoms with Crippen LogP contribution in [0.3, 0.4) is 0 Å². The Balaban J connectivity index is 1.91.